The van der Waals surface area contributed by atoms with Crippen molar-refractivity contribution < 1.29 is 75.8 Å². The summed E-state index contributed by atoms with van der Waals surface area (Å²) >= 11 is 0. The van der Waals surface area contributed by atoms with Gasteiger partial charge >= 0.3 is 33.6 Å². The summed E-state index contributed by atoms with van der Waals surface area (Å²) in [5.41, 5.74) is 0. The lowest BCUT2D eigenvalue weighted by Crippen LogP contribution is -2.30. The Morgan fingerprint density at radius 3 is 1.05 bits per heavy atom. The Kier molecular flexibility index (Phi) is 57.4. The van der Waals surface area contributed by atoms with E-state index in [1.54, 1.807) is 0 Å². The molecular formula is C67H112O16P2. The molecule has 0 radical (unpaired) electrons. The Morgan fingerprint density at radius 1 is 0.341 bits per heavy atom. The van der Waals surface area contributed by atoms with Crippen LogP contribution in [0.1, 0.15) is 226 Å². The van der Waals surface area contributed by atoms with Gasteiger partial charge < -0.3 is 34.2 Å². The number of hydrogen-bond acceptors (Lipinski definition) is 14. The molecule has 0 spiro atoms. The number of rotatable bonds is 59. The van der Waals surface area contributed by atoms with Gasteiger partial charge in [0.05, 0.1) is 26.4 Å². The second-order valence-corrected chi connectivity index (χ2v) is 23.7. The van der Waals surface area contributed by atoms with Gasteiger partial charge in [-0.2, -0.15) is 0 Å². The van der Waals surface area contributed by atoms with E-state index < -0.39 is 91.5 Å². The molecule has 0 saturated heterocycles. The maximum atomic E-state index is 12.9. The van der Waals surface area contributed by atoms with Gasteiger partial charge in [0.2, 0.25) is 0 Å². The van der Waals surface area contributed by atoms with Gasteiger partial charge in [-0.3, -0.25) is 32.5 Å². The van der Waals surface area contributed by atoms with E-state index in [9.17, 15) is 43.5 Å². The minimum absolute atomic E-state index is 0.0846. The third-order valence-corrected chi connectivity index (χ3v) is 14.6. The molecule has 85 heavy (non-hydrogen) atoms. The molecule has 18 heteroatoms. The lowest BCUT2D eigenvalue weighted by atomic mass is 10.1. The topological polar surface area (TPSA) is 231 Å². The van der Waals surface area contributed by atoms with Crippen molar-refractivity contribution in [3.8, 4) is 0 Å². The average Bonchev–Trinajstić information content (AvgIpc) is 3.48. The lowest BCUT2D eigenvalue weighted by molar-refractivity contribution is -0.161. The van der Waals surface area contributed by atoms with E-state index in [2.05, 4.69) is 130 Å². The van der Waals surface area contributed by atoms with E-state index in [1.807, 2.05) is 12.2 Å². The molecule has 5 atom stereocenters. The third kappa shape index (κ3) is 61.4. The quantitative estimate of drug-likeness (QED) is 0.0146. The van der Waals surface area contributed by atoms with Crippen LogP contribution in [0.4, 0.5) is 0 Å². The molecule has 0 aliphatic heterocycles. The van der Waals surface area contributed by atoms with Gasteiger partial charge in [0.25, 0.3) is 0 Å². The van der Waals surface area contributed by atoms with Crippen molar-refractivity contribution in [1.82, 2.24) is 0 Å². The number of unbranched alkanes of at least 4 members (excludes halogenated alkanes) is 16. The average molecular weight is 1240 g/mol. The summed E-state index contributed by atoms with van der Waals surface area (Å²) < 4.78 is 60.7. The van der Waals surface area contributed by atoms with Crippen molar-refractivity contribution in [1.29, 1.82) is 0 Å². The number of aliphatic hydroxyl groups is 2. The molecule has 0 rings (SSSR count). The predicted octanol–water partition coefficient (Wildman–Crippen LogP) is 17.1. The van der Waals surface area contributed by atoms with Gasteiger partial charge in [-0.1, -0.05) is 206 Å². The Morgan fingerprint density at radius 2 is 0.635 bits per heavy atom. The highest BCUT2D eigenvalue weighted by Crippen LogP contribution is 2.45. The lowest BCUT2D eigenvalue weighted by Gasteiger charge is -2.21. The van der Waals surface area contributed by atoms with Crippen LogP contribution in [0.5, 0.6) is 0 Å². The summed E-state index contributed by atoms with van der Waals surface area (Å²) in [6.45, 7) is 2.30. The van der Waals surface area contributed by atoms with E-state index in [0.29, 0.717) is 25.7 Å². The minimum Gasteiger partial charge on any atom is -0.463 e. The number of phosphoric ester groups is 2. The van der Waals surface area contributed by atoms with Crippen LogP contribution in [-0.4, -0.2) is 95.9 Å². The monoisotopic (exact) mass is 1230 g/mol. The van der Waals surface area contributed by atoms with Crippen LogP contribution in [0.15, 0.2) is 122 Å². The van der Waals surface area contributed by atoms with Crippen molar-refractivity contribution >= 4 is 33.6 Å². The van der Waals surface area contributed by atoms with E-state index in [-0.39, 0.29) is 19.3 Å². The van der Waals surface area contributed by atoms with Gasteiger partial charge in [0, 0.05) is 19.3 Å². The summed E-state index contributed by atoms with van der Waals surface area (Å²) in [6.07, 6.45) is 66.9. The highest BCUT2D eigenvalue weighted by molar-refractivity contribution is 7.47. The summed E-state index contributed by atoms with van der Waals surface area (Å²) in [5, 5.41) is 20.5. The van der Waals surface area contributed by atoms with Crippen LogP contribution in [0.25, 0.3) is 0 Å². The minimum atomic E-state index is -4.94. The molecule has 0 amide bonds. The number of esters is 3. The van der Waals surface area contributed by atoms with Gasteiger partial charge in [0.15, 0.2) is 6.10 Å². The predicted molar refractivity (Wildman–Crippen MR) is 343 cm³/mol. The fraction of sp³-hybridized carbons (Fsp3) is 0.657. The van der Waals surface area contributed by atoms with Crippen molar-refractivity contribution in [3.05, 3.63) is 122 Å². The van der Waals surface area contributed by atoms with Crippen LogP contribution in [0, 0.1) is 0 Å². The number of carbonyl (C=O) groups excluding carboxylic acids is 3. The highest BCUT2D eigenvalue weighted by Gasteiger charge is 2.29. The molecule has 0 aliphatic rings. The van der Waals surface area contributed by atoms with Crippen molar-refractivity contribution in [2.75, 3.05) is 39.6 Å². The second-order valence-electron chi connectivity index (χ2n) is 20.8. The van der Waals surface area contributed by atoms with Gasteiger partial charge in [-0.05, 0) is 122 Å². The molecule has 486 valence electrons. The molecule has 0 fully saturated rings. The maximum Gasteiger partial charge on any atom is 0.472 e. The number of phosphoric acid groups is 2. The Hall–Kier alpha value is -4.05. The van der Waals surface area contributed by atoms with Crippen LogP contribution >= 0.6 is 15.6 Å². The normalized spacial score (nSPS) is 15.1. The number of hydrogen-bond donors (Lipinski definition) is 4. The number of ether oxygens (including phenoxy) is 3. The summed E-state index contributed by atoms with van der Waals surface area (Å²) in [6, 6.07) is 0. The first-order chi connectivity index (χ1) is 41.2. The zero-order valence-corrected chi connectivity index (χ0v) is 54.0. The van der Waals surface area contributed by atoms with E-state index >= 15 is 0 Å². The molecule has 0 bridgehead atoms. The number of carbonyl (C=O) groups is 3. The molecule has 0 saturated carbocycles. The summed E-state index contributed by atoms with van der Waals surface area (Å²) in [5.74, 6) is -1.68. The Labute approximate surface area is 512 Å². The van der Waals surface area contributed by atoms with Crippen molar-refractivity contribution in [3.63, 3.8) is 0 Å². The van der Waals surface area contributed by atoms with E-state index in [4.69, 9.17) is 32.3 Å². The molecule has 0 aromatic rings. The highest BCUT2D eigenvalue weighted by atomic mass is 31.2. The maximum absolute atomic E-state index is 12.9. The smallest absolute Gasteiger partial charge is 0.463 e. The first-order valence-corrected chi connectivity index (χ1v) is 34.8. The van der Waals surface area contributed by atoms with Crippen LogP contribution in [0.2, 0.25) is 0 Å². The first-order valence-electron chi connectivity index (χ1n) is 31.8. The fourth-order valence-electron chi connectivity index (χ4n) is 7.82. The molecule has 0 aromatic heterocycles. The molecule has 5 unspecified atom stereocenters. The van der Waals surface area contributed by atoms with Crippen molar-refractivity contribution in [2.24, 2.45) is 0 Å². The molecule has 0 heterocycles. The van der Waals surface area contributed by atoms with Crippen LogP contribution < -0.4 is 0 Å². The van der Waals surface area contributed by atoms with Crippen molar-refractivity contribution in [2.45, 2.75) is 245 Å². The molecule has 0 aliphatic carbocycles. The zero-order valence-electron chi connectivity index (χ0n) is 52.2. The van der Waals surface area contributed by atoms with Crippen LogP contribution in [0.3, 0.4) is 0 Å². The number of allylic oxidation sites excluding steroid dienone is 20. The van der Waals surface area contributed by atoms with E-state index in [1.165, 1.54) is 38.5 Å². The molecule has 0 aromatic carbocycles. The van der Waals surface area contributed by atoms with Gasteiger partial charge in [-0.15, -0.1) is 0 Å². The molecule has 16 nitrogen and oxygen atoms in total. The molecular weight excluding hydrogens is 1120 g/mol. The largest absolute Gasteiger partial charge is 0.472 e. The Bertz CT molecular complexity index is 2040. The number of aliphatic hydroxyl groups excluding tert-OH is 2. The van der Waals surface area contributed by atoms with Gasteiger partial charge in [0.1, 0.15) is 25.4 Å². The van der Waals surface area contributed by atoms with Gasteiger partial charge in [-0.25, -0.2) is 9.13 Å². The standard InChI is InChI=1S/C67H112O16P2/c1-4-7-10-13-16-19-22-25-28-30-33-35-38-41-44-47-50-53-65(70)77-56-62(68)57-79-84(73,74)80-58-63(69)59-81-85(75,76)82-61-64(83-67(72)55-52-49-46-43-40-37-32-27-24-21-18-15-12-9-6-3)60-78-66(71)54-51-48-45-42-39-36-34-31-29-26-23-20-17-14-11-8-5-2/h7-8,10-11,16-17,19-20,25-29,32-36,41,44,62-64,68-69H,4-6,9,12-15,18,21-24,30-31,37-40,42-43,45-61H2,1-3H3,(H,73,74)(H,75,76)/b10-7-,11-8-,19-16-,20-17-,28-25-,29-26-,32-27-,35-33-,36-34-,44-41-. The second kappa shape index (κ2) is 60.2. The first kappa shape index (κ1) is 81.0. The summed E-state index contributed by atoms with van der Waals surface area (Å²) in [4.78, 5) is 58.2. The SMILES string of the molecule is CC/C=C\C/C=C\C/C=C\C/C=C\C/C=C\CCCC(=O)OCC(O)COP(=O)(O)OCC(O)COP(=O)(O)OCC(COC(=O)CCCCCC/C=C\C/C=C\C/C=C\C/C=C\CC)OC(=O)CCCCCCC/C=C\CCCCCCCC. The Balaban J connectivity index is 4.80. The van der Waals surface area contributed by atoms with E-state index in [0.717, 1.165) is 122 Å². The summed E-state index contributed by atoms with van der Waals surface area (Å²) in [7, 11) is -9.80. The fourth-order valence-corrected chi connectivity index (χ4v) is 9.41. The molecule has 4 N–H and O–H groups in total. The van der Waals surface area contributed by atoms with Crippen LogP contribution in [-0.2, 0) is 55.8 Å². The third-order valence-electron chi connectivity index (χ3n) is 12.7. The zero-order chi connectivity index (χ0) is 62.4.